The van der Waals surface area contributed by atoms with Crippen molar-refractivity contribution in [1.82, 2.24) is 4.98 Å². The van der Waals surface area contributed by atoms with Crippen LogP contribution in [0.15, 0.2) is 12.3 Å². The highest BCUT2D eigenvalue weighted by atomic mass is 35.5. The molecule has 1 aromatic rings. The van der Waals surface area contributed by atoms with E-state index in [1.165, 1.54) is 0 Å². The molecule has 0 unspecified atom stereocenters. The Morgan fingerprint density at radius 2 is 2.25 bits per heavy atom. The van der Waals surface area contributed by atoms with E-state index >= 15 is 0 Å². The van der Waals surface area contributed by atoms with E-state index in [0.717, 1.165) is 11.4 Å². The van der Waals surface area contributed by atoms with Gasteiger partial charge in [-0.3, -0.25) is 0 Å². The molecule has 0 amide bonds. The van der Waals surface area contributed by atoms with E-state index in [4.69, 9.17) is 17.3 Å². The van der Waals surface area contributed by atoms with Crippen LogP contribution in [0.1, 0.15) is 5.56 Å². The van der Waals surface area contributed by atoms with Crippen molar-refractivity contribution in [2.45, 2.75) is 6.54 Å². The Balaban J connectivity index is 3.03. The van der Waals surface area contributed by atoms with Crippen LogP contribution >= 0.6 is 11.6 Å². The Bertz CT molecular complexity index is 273. The van der Waals surface area contributed by atoms with Gasteiger partial charge in [-0.2, -0.15) is 0 Å². The lowest BCUT2D eigenvalue weighted by Gasteiger charge is -2.12. The van der Waals surface area contributed by atoms with Gasteiger partial charge < -0.3 is 10.6 Å². The maximum atomic E-state index is 5.94. The first-order chi connectivity index (χ1) is 5.65. The third-order valence-corrected chi connectivity index (χ3v) is 1.82. The van der Waals surface area contributed by atoms with Gasteiger partial charge in [0.05, 0.1) is 5.02 Å². The first-order valence-corrected chi connectivity index (χ1v) is 4.04. The summed E-state index contributed by atoms with van der Waals surface area (Å²) in [5.74, 6) is 0.772. The van der Waals surface area contributed by atoms with Gasteiger partial charge >= 0.3 is 0 Å². The summed E-state index contributed by atoms with van der Waals surface area (Å²) in [5.41, 5.74) is 6.38. The molecule has 0 aromatic carbocycles. The monoisotopic (exact) mass is 185 g/mol. The zero-order chi connectivity index (χ0) is 9.14. The molecule has 2 N–H and O–H groups in total. The van der Waals surface area contributed by atoms with Crippen molar-refractivity contribution in [1.29, 1.82) is 0 Å². The molecule has 0 fully saturated rings. The van der Waals surface area contributed by atoms with Gasteiger partial charge in [-0.1, -0.05) is 11.6 Å². The average molecular weight is 186 g/mol. The van der Waals surface area contributed by atoms with Gasteiger partial charge in [0.1, 0.15) is 5.82 Å². The number of aromatic nitrogens is 1. The van der Waals surface area contributed by atoms with E-state index in [2.05, 4.69) is 4.98 Å². The van der Waals surface area contributed by atoms with Crippen LogP contribution in [0.2, 0.25) is 5.02 Å². The Morgan fingerprint density at radius 3 is 2.67 bits per heavy atom. The highest BCUT2D eigenvalue weighted by Crippen LogP contribution is 2.21. The van der Waals surface area contributed by atoms with Crippen molar-refractivity contribution in [2.24, 2.45) is 5.73 Å². The minimum atomic E-state index is 0.473. The molecule has 4 heteroatoms. The normalized spacial score (nSPS) is 10.0. The maximum Gasteiger partial charge on any atom is 0.146 e. The lowest BCUT2D eigenvalue weighted by molar-refractivity contribution is 1.02. The summed E-state index contributed by atoms with van der Waals surface area (Å²) in [6, 6.07) is 1.84. The molecule has 0 aliphatic heterocycles. The van der Waals surface area contributed by atoms with E-state index in [-0.39, 0.29) is 0 Å². The Morgan fingerprint density at radius 1 is 1.58 bits per heavy atom. The molecule has 0 aliphatic rings. The molecule has 0 saturated carbocycles. The molecular formula is C8H12ClN3. The van der Waals surface area contributed by atoms with Crippen LogP contribution in [-0.4, -0.2) is 19.1 Å². The number of nitrogens with zero attached hydrogens (tertiary/aromatic N) is 2. The second kappa shape index (κ2) is 3.74. The van der Waals surface area contributed by atoms with Crippen molar-refractivity contribution in [2.75, 3.05) is 19.0 Å². The molecule has 3 nitrogen and oxygen atoms in total. The summed E-state index contributed by atoms with van der Waals surface area (Å²) in [4.78, 5) is 6.03. The van der Waals surface area contributed by atoms with Gasteiger partial charge in [0.2, 0.25) is 0 Å². The SMILES string of the molecule is CN(C)c1ncc(CN)cc1Cl. The molecule has 0 atom stereocenters. The number of hydrogen-bond acceptors (Lipinski definition) is 3. The zero-order valence-corrected chi connectivity index (χ0v) is 7.97. The quantitative estimate of drug-likeness (QED) is 0.755. The fourth-order valence-electron chi connectivity index (χ4n) is 0.911. The van der Waals surface area contributed by atoms with Gasteiger partial charge in [-0.25, -0.2) is 4.98 Å². The lowest BCUT2D eigenvalue weighted by Crippen LogP contribution is -2.11. The maximum absolute atomic E-state index is 5.94. The number of anilines is 1. The molecule has 0 bridgehead atoms. The number of hydrogen-bond donors (Lipinski definition) is 1. The number of rotatable bonds is 2. The third kappa shape index (κ3) is 1.87. The summed E-state index contributed by atoms with van der Waals surface area (Å²) in [6.07, 6.45) is 1.74. The van der Waals surface area contributed by atoms with Crippen molar-refractivity contribution in [3.05, 3.63) is 22.8 Å². The molecule has 1 rings (SSSR count). The highest BCUT2D eigenvalue weighted by molar-refractivity contribution is 6.33. The average Bonchev–Trinajstić information content (AvgIpc) is 2.03. The van der Waals surface area contributed by atoms with Crippen molar-refractivity contribution >= 4 is 17.4 Å². The van der Waals surface area contributed by atoms with Gasteiger partial charge in [0, 0.05) is 26.8 Å². The smallest absolute Gasteiger partial charge is 0.146 e. The summed E-state index contributed by atoms with van der Waals surface area (Å²) in [6.45, 7) is 0.473. The van der Waals surface area contributed by atoms with Gasteiger partial charge in [-0.05, 0) is 11.6 Å². The van der Waals surface area contributed by atoms with Gasteiger partial charge in [0.15, 0.2) is 0 Å². The first kappa shape index (κ1) is 9.29. The third-order valence-electron chi connectivity index (χ3n) is 1.54. The molecular weight excluding hydrogens is 174 g/mol. The number of pyridine rings is 1. The van der Waals surface area contributed by atoms with Crippen molar-refractivity contribution in [3.63, 3.8) is 0 Å². The molecule has 0 radical (unpaired) electrons. The molecule has 12 heavy (non-hydrogen) atoms. The van der Waals surface area contributed by atoms with E-state index < -0.39 is 0 Å². The molecule has 0 aliphatic carbocycles. The Labute approximate surface area is 77.1 Å². The molecule has 1 heterocycles. The highest BCUT2D eigenvalue weighted by Gasteiger charge is 2.03. The van der Waals surface area contributed by atoms with Crippen molar-refractivity contribution in [3.8, 4) is 0 Å². The minimum absolute atomic E-state index is 0.473. The van der Waals surface area contributed by atoms with E-state index in [9.17, 15) is 0 Å². The standard InChI is InChI=1S/C8H12ClN3/c1-12(2)8-7(9)3-6(4-10)5-11-8/h3,5H,4,10H2,1-2H3. The Hall–Kier alpha value is -0.800. The summed E-state index contributed by atoms with van der Waals surface area (Å²) >= 11 is 5.94. The predicted octanol–water partition coefficient (Wildman–Crippen LogP) is 1.26. The number of halogens is 1. The minimum Gasteiger partial charge on any atom is -0.362 e. The summed E-state index contributed by atoms with van der Waals surface area (Å²) in [5, 5.41) is 0.642. The second-order valence-electron chi connectivity index (χ2n) is 2.75. The lowest BCUT2D eigenvalue weighted by atomic mass is 10.3. The molecule has 0 saturated heterocycles. The van der Waals surface area contributed by atoms with Crippen LogP contribution in [0.5, 0.6) is 0 Å². The van der Waals surface area contributed by atoms with Gasteiger partial charge in [0.25, 0.3) is 0 Å². The summed E-state index contributed by atoms with van der Waals surface area (Å²) < 4.78 is 0. The van der Waals surface area contributed by atoms with Crippen LogP contribution in [-0.2, 0) is 6.54 Å². The molecule has 0 spiro atoms. The second-order valence-corrected chi connectivity index (χ2v) is 3.15. The van der Waals surface area contributed by atoms with Crippen LogP contribution in [0.3, 0.4) is 0 Å². The topological polar surface area (TPSA) is 42.2 Å². The predicted molar refractivity (Wildman–Crippen MR) is 51.5 cm³/mol. The zero-order valence-electron chi connectivity index (χ0n) is 7.21. The fourth-order valence-corrected chi connectivity index (χ4v) is 1.27. The van der Waals surface area contributed by atoms with Crippen LogP contribution in [0.4, 0.5) is 5.82 Å². The van der Waals surface area contributed by atoms with E-state index in [1.54, 1.807) is 6.20 Å². The van der Waals surface area contributed by atoms with E-state index in [1.807, 2.05) is 25.1 Å². The largest absolute Gasteiger partial charge is 0.362 e. The van der Waals surface area contributed by atoms with Crippen molar-refractivity contribution < 1.29 is 0 Å². The Kier molecular flexibility index (Phi) is 2.89. The first-order valence-electron chi connectivity index (χ1n) is 3.67. The van der Waals surface area contributed by atoms with Gasteiger partial charge in [-0.15, -0.1) is 0 Å². The van der Waals surface area contributed by atoms with Crippen LogP contribution in [0.25, 0.3) is 0 Å². The summed E-state index contributed by atoms with van der Waals surface area (Å²) in [7, 11) is 3.80. The molecule has 1 aromatic heterocycles. The van der Waals surface area contributed by atoms with E-state index in [0.29, 0.717) is 11.6 Å². The molecule has 66 valence electrons. The van der Waals surface area contributed by atoms with Crippen LogP contribution in [0, 0.1) is 0 Å². The van der Waals surface area contributed by atoms with Crippen LogP contribution < -0.4 is 10.6 Å². The number of nitrogens with two attached hydrogens (primary N) is 1. The fraction of sp³-hybridized carbons (Fsp3) is 0.375.